The highest BCUT2D eigenvalue weighted by Gasteiger charge is 2.15. The van der Waals surface area contributed by atoms with Crippen LogP contribution in [-0.2, 0) is 11.2 Å². The number of nitrogens with zero attached hydrogens (tertiary/aromatic N) is 2. The Morgan fingerprint density at radius 1 is 1.23 bits per heavy atom. The van der Waals surface area contributed by atoms with Crippen molar-refractivity contribution >= 4 is 17.8 Å². The second kappa shape index (κ2) is 6.98. The fourth-order valence-electron chi connectivity index (χ4n) is 1.84. The van der Waals surface area contributed by atoms with E-state index in [9.17, 15) is 14.8 Å². The van der Waals surface area contributed by atoms with Crippen molar-refractivity contribution in [3.63, 3.8) is 0 Å². The molecule has 0 bridgehead atoms. The van der Waals surface area contributed by atoms with Crippen LogP contribution >= 0.6 is 0 Å². The van der Waals surface area contributed by atoms with Gasteiger partial charge in [0.1, 0.15) is 5.75 Å². The van der Waals surface area contributed by atoms with Gasteiger partial charge >= 0.3 is 5.69 Å². The van der Waals surface area contributed by atoms with E-state index in [4.69, 9.17) is 5.21 Å². The van der Waals surface area contributed by atoms with Crippen molar-refractivity contribution in [3.05, 3.63) is 64.6 Å². The maximum atomic E-state index is 11.7. The number of phenols is 1. The van der Waals surface area contributed by atoms with E-state index in [1.54, 1.807) is 30.3 Å². The van der Waals surface area contributed by atoms with Crippen molar-refractivity contribution in [2.75, 3.05) is 0 Å². The monoisotopic (exact) mass is 300 g/mol. The number of carbonyl (C=O) groups excluding carboxylic acids is 1. The third-order valence-corrected chi connectivity index (χ3v) is 2.81. The van der Waals surface area contributed by atoms with Gasteiger partial charge in [-0.1, -0.05) is 24.3 Å². The van der Waals surface area contributed by atoms with Crippen LogP contribution in [0.15, 0.2) is 53.6 Å². The van der Waals surface area contributed by atoms with Gasteiger partial charge in [-0.2, -0.15) is 5.10 Å². The molecule has 112 valence electrons. The van der Waals surface area contributed by atoms with Crippen LogP contribution in [0, 0.1) is 4.91 Å². The van der Waals surface area contributed by atoms with E-state index >= 15 is 0 Å². The minimum atomic E-state index is -0.373. The zero-order valence-electron chi connectivity index (χ0n) is 11.5. The Bertz CT molecular complexity index is 728. The molecule has 0 atom stereocenters. The standard InChI is InChI=1S/C15H13N3O4/c19-13-6-3-4-11(8-13)9-15(20)17-16-10-12-5-1-2-7-14(12)18(21)22/h1-8,10H,9H2,(H2-,17,19,20,21,22)/p+1/b16-10+. The summed E-state index contributed by atoms with van der Waals surface area (Å²) in [6, 6.07) is 12.6. The fourth-order valence-corrected chi connectivity index (χ4v) is 1.84. The van der Waals surface area contributed by atoms with Gasteiger partial charge in [-0.3, -0.25) is 4.79 Å². The quantitative estimate of drug-likeness (QED) is 0.579. The molecule has 0 radical (unpaired) electrons. The van der Waals surface area contributed by atoms with Gasteiger partial charge < -0.3 is 5.11 Å². The number of hydrazone groups is 1. The number of amides is 1. The summed E-state index contributed by atoms with van der Waals surface area (Å²) < 4.78 is 0. The van der Waals surface area contributed by atoms with Crippen molar-refractivity contribution in [3.8, 4) is 5.75 Å². The van der Waals surface area contributed by atoms with Crippen LogP contribution in [0.25, 0.3) is 0 Å². The number of aromatic hydroxyl groups is 1. The van der Waals surface area contributed by atoms with Crippen molar-refractivity contribution in [1.82, 2.24) is 5.43 Å². The number of hydrogen-bond acceptors (Lipinski definition) is 4. The zero-order chi connectivity index (χ0) is 15.9. The van der Waals surface area contributed by atoms with Gasteiger partial charge in [-0.05, 0) is 23.8 Å². The van der Waals surface area contributed by atoms with Crippen molar-refractivity contribution in [2.45, 2.75) is 6.42 Å². The second-order valence-electron chi connectivity index (χ2n) is 4.47. The molecule has 0 unspecified atom stereocenters. The van der Waals surface area contributed by atoms with Gasteiger partial charge in [0, 0.05) is 6.07 Å². The van der Waals surface area contributed by atoms with Gasteiger partial charge in [0.2, 0.25) is 5.91 Å². The van der Waals surface area contributed by atoms with Crippen LogP contribution in [0.4, 0.5) is 5.69 Å². The predicted octanol–water partition coefficient (Wildman–Crippen LogP) is 1.88. The second-order valence-corrected chi connectivity index (χ2v) is 4.47. The number of benzene rings is 2. The molecule has 0 aromatic heterocycles. The molecule has 3 N–H and O–H groups in total. The molecule has 0 aliphatic carbocycles. The smallest absolute Gasteiger partial charge is 0.325 e. The van der Waals surface area contributed by atoms with Crippen LogP contribution in [0.2, 0.25) is 0 Å². The molecule has 0 aliphatic rings. The molecule has 2 aromatic carbocycles. The minimum Gasteiger partial charge on any atom is -0.508 e. The highest BCUT2D eigenvalue weighted by atomic mass is 16.6. The maximum absolute atomic E-state index is 11.7. The Kier molecular flexibility index (Phi) is 4.81. The first-order chi connectivity index (χ1) is 10.6. The molecule has 7 nitrogen and oxygen atoms in total. The van der Waals surface area contributed by atoms with E-state index in [0.29, 0.717) is 11.1 Å². The fraction of sp³-hybridized carbons (Fsp3) is 0.0667. The molecule has 7 heteroatoms. The molecule has 0 spiro atoms. The van der Waals surface area contributed by atoms with Gasteiger partial charge in [-0.25, -0.2) is 10.6 Å². The third-order valence-electron chi connectivity index (χ3n) is 2.81. The molecular weight excluding hydrogens is 286 g/mol. The SMILES string of the molecule is O=C(Cc1cccc(O)c1)N/N=C/c1ccccc1[N+](=O)O. The maximum Gasteiger partial charge on any atom is 0.325 e. The van der Waals surface area contributed by atoms with Crippen molar-refractivity contribution in [1.29, 1.82) is 0 Å². The molecule has 2 aromatic rings. The van der Waals surface area contributed by atoms with Crippen LogP contribution in [0.3, 0.4) is 0 Å². The third kappa shape index (κ3) is 4.14. The summed E-state index contributed by atoms with van der Waals surface area (Å²) in [4.78, 5) is 22.4. The van der Waals surface area contributed by atoms with Crippen molar-refractivity contribution in [2.24, 2.45) is 5.10 Å². The molecule has 0 fully saturated rings. The lowest BCUT2D eigenvalue weighted by Crippen LogP contribution is -2.19. The van der Waals surface area contributed by atoms with E-state index in [-0.39, 0.29) is 28.7 Å². The number of phenolic OH excluding ortho intramolecular Hbond substituents is 1. The van der Waals surface area contributed by atoms with E-state index in [1.165, 1.54) is 24.4 Å². The summed E-state index contributed by atoms with van der Waals surface area (Å²) in [5, 5.41) is 22.0. The van der Waals surface area contributed by atoms with E-state index in [2.05, 4.69) is 10.5 Å². The lowest BCUT2D eigenvalue weighted by atomic mass is 10.1. The van der Waals surface area contributed by atoms with E-state index < -0.39 is 0 Å². The average Bonchev–Trinajstić information content (AvgIpc) is 2.47. The first kappa shape index (κ1) is 15.2. The topological polar surface area (TPSA) is 102 Å². The summed E-state index contributed by atoms with van der Waals surface area (Å²) >= 11 is 0. The molecule has 2 rings (SSSR count). The Hall–Kier alpha value is -3.22. The van der Waals surface area contributed by atoms with Crippen LogP contribution < -0.4 is 5.43 Å². The number of carbonyl (C=O) groups is 1. The number of para-hydroxylation sites is 1. The van der Waals surface area contributed by atoms with E-state index in [0.717, 1.165) is 0 Å². The Morgan fingerprint density at radius 3 is 2.73 bits per heavy atom. The summed E-state index contributed by atoms with van der Waals surface area (Å²) in [6.45, 7) is 0. The highest BCUT2D eigenvalue weighted by Crippen LogP contribution is 2.14. The molecule has 1 amide bonds. The van der Waals surface area contributed by atoms with Crippen LogP contribution in [0.5, 0.6) is 5.75 Å². The van der Waals surface area contributed by atoms with E-state index in [1.807, 2.05) is 0 Å². The van der Waals surface area contributed by atoms with Gasteiger partial charge in [-0.15, -0.1) is 0 Å². The molecule has 0 saturated heterocycles. The Labute approximate surface area is 126 Å². The predicted molar refractivity (Wildman–Crippen MR) is 79.1 cm³/mol. The van der Waals surface area contributed by atoms with Gasteiger partial charge in [0.15, 0.2) is 0 Å². The van der Waals surface area contributed by atoms with Crippen molar-refractivity contribution < 1.29 is 20.0 Å². The number of rotatable bonds is 5. The normalized spacial score (nSPS) is 10.5. The lowest BCUT2D eigenvalue weighted by molar-refractivity contribution is -0.729. The number of nitrogens with one attached hydrogen (secondary N) is 1. The highest BCUT2D eigenvalue weighted by molar-refractivity contribution is 5.86. The summed E-state index contributed by atoms with van der Waals surface area (Å²) in [7, 11) is 0. The van der Waals surface area contributed by atoms with Gasteiger partial charge in [0.25, 0.3) is 4.92 Å². The first-order valence-corrected chi connectivity index (χ1v) is 6.41. The summed E-state index contributed by atoms with van der Waals surface area (Å²) in [5.74, 6) is -0.288. The van der Waals surface area contributed by atoms with Crippen LogP contribution in [-0.4, -0.2) is 27.4 Å². The average molecular weight is 300 g/mol. The Balaban J connectivity index is 1.98. The molecular formula is C15H14N3O4+. The Morgan fingerprint density at radius 2 is 2.00 bits per heavy atom. The zero-order valence-corrected chi connectivity index (χ0v) is 11.5. The molecule has 0 aliphatic heterocycles. The lowest BCUT2D eigenvalue weighted by Gasteiger charge is -2.01. The minimum absolute atomic E-state index is 0.0217. The van der Waals surface area contributed by atoms with Gasteiger partial charge in [0.05, 0.1) is 23.1 Å². The van der Waals surface area contributed by atoms with Crippen LogP contribution in [0.1, 0.15) is 11.1 Å². The molecule has 0 heterocycles. The molecule has 0 saturated carbocycles. The summed E-state index contributed by atoms with van der Waals surface area (Å²) in [6.07, 6.45) is 1.32. The molecule has 22 heavy (non-hydrogen) atoms. The first-order valence-electron chi connectivity index (χ1n) is 6.41. The summed E-state index contributed by atoms with van der Waals surface area (Å²) in [5.41, 5.74) is 3.34. The largest absolute Gasteiger partial charge is 0.508 e. The number of hydrogen-bond donors (Lipinski definition) is 3.